The molecule has 0 unspecified atom stereocenters. The van der Waals surface area contributed by atoms with Gasteiger partial charge in [0.2, 0.25) is 5.95 Å². The first-order chi connectivity index (χ1) is 13.5. The van der Waals surface area contributed by atoms with Gasteiger partial charge in [0.1, 0.15) is 5.82 Å². The zero-order valence-corrected chi connectivity index (χ0v) is 15.8. The molecule has 0 radical (unpaired) electrons. The standard InChI is InChI=1S/C19H22FN5O3/c1-23-16-15(17(26)24(2)19(23)27)25(11-12-5-7-13(20)8-6-12)18(22-16)21-10-14-4-3-9-28-14/h5-8,14H,3-4,9-11H2,1-2H3,(H,21,22)/t14-/m1/s1. The number of halogens is 1. The quantitative estimate of drug-likeness (QED) is 0.712. The van der Waals surface area contributed by atoms with E-state index in [1.807, 2.05) is 0 Å². The second-order valence-corrected chi connectivity index (χ2v) is 7.04. The number of imidazole rings is 1. The van der Waals surface area contributed by atoms with Crippen LogP contribution in [0.25, 0.3) is 11.2 Å². The van der Waals surface area contributed by atoms with Gasteiger partial charge in [0, 0.05) is 27.2 Å². The minimum atomic E-state index is -0.436. The van der Waals surface area contributed by atoms with Crippen molar-refractivity contribution in [2.24, 2.45) is 14.1 Å². The predicted octanol–water partition coefficient (Wildman–Crippen LogP) is 1.21. The number of aryl methyl sites for hydroxylation is 1. The fourth-order valence-corrected chi connectivity index (χ4v) is 3.52. The van der Waals surface area contributed by atoms with E-state index < -0.39 is 11.2 Å². The molecule has 9 heteroatoms. The Morgan fingerprint density at radius 2 is 1.96 bits per heavy atom. The van der Waals surface area contributed by atoms with Crippen LogP contribution in [0.15, 0.2) is 33.9 Å². The van der Waals surface area contributed by atoms with Crippen LogP contribution in [0.2, 0.25) is 0 Å². The topological polar surface area (TPSA) is 83.1 Å². The molecule has 0 amide bonds. The van der Waals surface area contributed by atoms with E-state index in [2.05, 4.69) is 10.3 Å². The van der Waals surface area contributed by atoms with Crippen molar-refractivity contribution >= 4 is 17.1 Å². The molecule has 1 aliphatic heterocycles. The molecule has 1 atom stereocenters. The lowest BCUT2D eigenvalue weighted by atomic mass is 10.2. The summed E-state index contributed by atoms with van der Waals surface area (Å²) in [7, 11) is 3.03. The van der Waals surface area contributed by atoms with Crippen molar-refractivity contribution in [2.75, 3.05) is 18.5 Å². The van der Waals surface area contributed by atoms with Gasteiger partial charge in [-0.1, -0.05) is 12.1 Å². The van der Waals surface area contributed by atoms with E-state index in [-0.39, 0.29) is 11.9 Å². The Hall–Kier alpha value is -2.94. The second kappa shape index (κ2) is 7.23. The average molecular weight is 387 g/mol. The molecule has 2 aromatic heterocycles. The zero-order valence-electron chi connectivity index (χ0n) is 15.8. The predicted molar refractivity (Wildman–Crippen MR) is 103 cm³/mol. The van der Waals surface area contributed by atoms with Crippen molar-refractivity contribution in [1.82, 2.24) is 18.7 Å². The molecule has 1 fully saturated rings. The van der Waals surface area contributed by atoms with Crippen LogP contribution in [0.4, 0.5) is 10.3 Å². The highest BCUT2D eigenvalue weighted by molar-refractivity contribution is 5.74. The summed E-state index contributed by atoms with van der Waals surface area (Å²) in [6.07, 6.45) is 2.07. The first-order valence-corrected chi connectivity index (χ1v) is 9.22. The van der Waals surface area contributed by atoms with Crippen molar-refractivity contribution in [3.63, 3.8) is 0 Å². The van der Waals surface area contributed by atoms with E-state index in [0.29, 0.717) is 30.2 Å². The summed E-state index contributed by atoms with van der Waals surface area (Å²) in [6.45, 7) is 1.62. The lowest BCUT2D eigenvalue weighted by Gasteiger charge is -2.14. The fourth-order valence-electron chi connectivity index (χ4n) is 3.52. The number of hydrogen-bond donors (Lipinski definition) is 1. The maximum absolute atomic E-state index is 13.3. The normalized spacial score (nSPS) is 16.8. The van der Waals surface area contributed by atoms with Gasteiger partial charge in [0.05, 0.1) is 12.6 Å². The fraction of sp³-hybridized carbons (Fsp3) is 0.421. The monoisotopic (exact) mass is 387 g/mol. The molecule has 1 saturated heterocycles. The van der Waals surface area contributed by atoms with Crippen LogP contribution >= 0.6 is 0 Å². The number of hydrogen-bond acceptors (Lipinski definition) is 5. The van der Waals surface area contributed by atoms with Gasteiger partial charge in [0.15, 0.2) is 11.2 Å². The lowest BCUT2D eigenvalue weighted by molar-refractivity contribution is 0.120. The Morgan fingerprint density at radius 3 is 2.64 bits per heavy atom. The number of nitrogens with one attached hydrogen (secondary N) is 1. The molecule has 0 spiro atoms. The van der Waals surface area contributed by atoms with Crippen LogP contribution in [0.5, 0.6) is 0 Å². The minimum absolute atomic E-state index is 0.0886. The number of anilines is 1. The molecule has 28 heavy (non-hydrogen) atoms. The summed E-state index contributed by atoms with van der Waals surface area (Å²) in [5.41, 5.74) is 0.595. The number of fused-ring (bicyclic) bond motifs is 1. The number of ether oxygens (including phenoxy) is 1. The first-order valence-electron chi connectivity index (χ1n) is 9.22. The van der Waals surface area contributed by atoms with Gasteiger partial charge in [0.25, 0.3) is 5.56 Å². The summed E-state index contributed by atoms with van der Waals surface area (Å²) >= 11 is 0. The van der Waals surface area contributed by atoms with Crippen molar-refractivity contribution in [3.05, 3.63) is 56.5 Å². The molecule has 1 N–H and O–H groups in total. The molecule has 3 aromatic rings. The number of aromatic nitrogens is 4. The molecule has 0 bridgehead atoms. The Labute approximate surface area is 160 Å². The molecule has 148 valence electrons. The van der Waals surface area contributed by atoms with Crippen LogP contribution in [-0.2, 0) is 25.4 Å². The number of benzene rings is 1. The maximum Gasteiger partial charge on any atom is 0.332 e. The first kappa shape index (κ1) is 18.4. The summed E-state index contributed by atoms with van der Waals surface area (Å²) in [4.78, 5) is 29.6. The van der Waals surface area contributed by atoms with Gasteiger partial charge in [-0.15, -0.1) is 0 Å². The van der Waals surface area contributed by atoms with Gasteiger partial charge >= 0.3 is 5.69 Å². The zero-order chi connectivity index (χ0) is 19.8. The Kier molecular flexibility index (Phi) is 4.76. The van der Waals surface area contributed by atoms with E-state index >= 15 is 0 Å². The van der Waals surface area contributed by atoms with Crippen LogP contribution in [0, 0.1) is 5.82 Å². The van der Waals surface area contributed by atoms with Crippen LogP contribution in [0.1, 0.15) is 18.4 Å². The largest absolute Gasteiger partial charge is 0.376 e. The number of rotatable bonds is 5. The van der Waals surface area contributed by atoms with Gasteiger partial charge in [-0.3, -0.25) is 18.5 Å². The van der Waals surface area contributed by atoms with E-state index in [9.17, 15) is 14.0 Å². The molecule has 8 nitrogen and oxygen atoms in total. The molecule has 1 aromatic carbocycles. The van der Waals surface area contributed by atoms with Gasteiger partial charge < -0.3 is 10.1 Å². The Balaban J connectivity index is 1.82. The van der Waals surface area contributed by atoms with Gasteiger partial charge in [-0.05, 0) is 30.5 Å². The van der Waals surface area contributed by atoms with E-state index in [0.717, 1.165) is 29.6 Å². The van der Waals surface area contributed by atoms with E-state index in [4.69, 9.17) is 4.74 Å². The summed E-state index contributed by atoms with van der Waals surface area (Å²) < 4.78 is 23.1. The van der Waals surface area contributed by atoms with Crippen LogP contribution < -0.4 is 16.6 Å². The third kappa shape index (κ3) is 3.22. The van der Waals surface area contributed by atoms with E-state index in [1.165, 1.54) is 23.7 Å². The highest BCUT2D eigenvalue weighted by Crippen LogP contribution is 2.19. The second-order valence-electron chi connectivity index (χ2n) is 7.04. The van der Waals surface area contributed by atoms with Crippen LogP contribution in [0.3, 0.4) is 0 Å². The minimum Gasteiger partial charge on any atom is -0.376 e. The molecular weight excluding hydrogens is 365 g/mol. The summed E-state index contributed by atoms with van der Waals surface area (Å²) in [6, 6.07) is 6.08. The molecular formula is C19H22FN5O3. The molecule has 0 saturated carbocycles. The highest BCUT2D eigenvalue weighted by atomic mass is 19.1. The van der Waals surface area contributed by atoms with Crippen molar-refractivity contribution < 1.29 is 9.13 Å². The molecule has 3 heterocycles. The van der Waals surface area contributed by atoms with Crippen molar-refractivity contribution in [1.29, 1.82) is 0 Å². The third-order valence-corrected chi connectivity index (χ3v) is 5.11. The smallest absolute Gasteiger partial charge is 0.332 e. The molecule has 4 rings (SSSR count). The van der Waals surface area contributed by atoms with Gasteiger partial charge in [-0.2, -0.15) is 4.98 Å². The van der Waals surface area contributed by atoms with E-state index in [1.54, 1.807) is 23.7 Å². The Morgan fingerprint density at radius 1 is 1.21 bits per heavy atom. The highest BCUT2D eigenvalue weighted by Gasteiger charge is 2.21. The maximum atomic E-state index is 13.3. The molecule has 0 aliphatic carbocycles. The SMILES string of the molecule is Cn1c(=O)c2c(nc(NC[C@H]3CCCO3)n2Cc2ccc(F)cc2)n(C)c1=O. The van der Waals surface area contributed by atoms with Crippen LogP contribution in [-0.4, -0.2) is 37.9 Å². The lowest BCUT2D eigenvalue weighted by Crippen LogP contribution is -2.37. The summed E-state index contributed by atoms with van der Waals surface area (Å²) in [5, 5.41) is 3.26. The van der Waals surface area contributed by atoms with Crippen molar-refractivity contribution in [3.8, 4) is 0 Å². The van der Waals surface area contributed by atoms with Gasteiger partial charge in [-0.25, -0.2) is 9.18 Å². The third-order valence-electron chi connectivity index (χ3n) is 5.11. The number of nitrogens with zero attached hydrogens (tertiary/aromatic N) is 4. The average Bonchev–Trinajstić information content (AvgIpc) is 3.33. The Bertz CT molecular complexity index is 1120. The summed E-state index contributed by atoms with van der Waals surface area (Å²) in [5.74, 6) is 0.155. The molecule has 1 aliphatic rings. The van der Waals surface area contributed by atoms with Crippen molar-refractivity contribution in [2.45, 2.75) is 25.5 Å².